The Kier molecular flexibility index (Phi) is 5.59. The number of nitrogens with one attached hydrogen (secondary N) is 1. The lowest BCUT2D eigenvalue weighted by Crippen LogP contribution is -2.41. The summed E-state index contributed by atoms with van der Waals surface area (Å²) in [6.07, 6.45) is -5.55. The van der Waals surface area contributed by atoms with Crippen LogP contribution in [0.25, 0.3) is 0 Å². The quantitative estimate of drug-likeness (QED) is 0.909. The molecule has 0 heterocycles. The fourth-order valence-electron chi connectivity index (χ4n) is 1.60. The van der Waals surface area contributed by atoms with Gasteiger partial charge in [0.25, 0.3) is 5.91 Å². The first-order valence-corrected chi connectivity index (χ1v) is 6.26. The van der Waals surface area contributed by atoms with E-state index in [1.165, 1.54) is 19.1 Å². The Labute approximate surface area is 120 Å². The van der Waals surface area contributed by atoms with Crippen molar-refractivity contribution in [1.82, 2.24) is 5.32 Å². The highest BCUT2D eigenvalue weighted by Gasteiger charge is 2.34. The van der Waals surface area contributed by atoms with Crippen molar-refractivity contribution < 1.29 is 22.7 Å². The Morgan fingerprint density at radius 3 is 2.57 bits per heavy atom. The van der Waals surface area contributed by atoms with Gasteiger partial charge in [-0.2, -0.15) is 18.4 Å². The number of amides is 1. The molecule has 0 fully saturated rings. The molecule has 7 heteroatoms. The molecule has 1 amide bonds. The molecule has 0 aliphatic carbocycles. The van der Waals surface area contributed by atoms with Gasteiger partial charge in [-0.3, -0.25) is 4.79 Å². The molecule has 1 aromatic carbocycles. The summed E-state index contributed by atoms with van der Waals surface area (Å²) in [5.41, 5.74) is -0.935. The largest absolute Gasteiger partial charge is 0.480 e. The normalized spacial score (nSPS) is 13.9. The average Bonchev–Trinajstić information content (AvgIpc) is 2.38. The van der Waals surface area contributed by atoms with Crippen molar-refractivity contribution in [2.75, 3.05) is 0 Å². The Balaban J connectivity index is 2.78. The van der Waals surface area contributed by atoms with Crippen LogP contribution in [0, 0.1) is 11.3 Å². The van der Waals surface area contributed by atoms with Gasteiger partial charge in [-0.25, -0.2) is 0 Å². The number of para-hydroxylation sites is 1. The zero-order chi connectivity index (χ0) is 16.0. The fraction of sp³-hybridized carbons (Fsp3) is 0.429. The Bertz CT molecular complexity index is 538. The minimum atomic E-state index is -4.55. The number of hydrogen-bond donors (Lipinski definition) is 1. The molecule has 0 aliphatic rings. The maximum Gasteiger partial charge on any atom is 0.419 e. The minimum absolute atomic E-state index is 0.109. The number of hydrogen-bond acceptors (Lipinski definition) is 3. The summed E-state index contributed by atoms with van der Waals surface area (Å²) in [5, 5.41) is 11.0. The lowest BCUT2D eigenvalue weighted by molar-refractivity contribution is -0.140. The number of alkyl halides is 3. The summed E-state index contributed by atoms with van der Waals surface area (Å²) in [5.74, 6) is -0.977. The van der Waals surface area contributed by atoms with Gasteiger partial charge in [-0.15, -0.1) is 0 Å². The van der Waals surface area contributed by atoms with Crippen LogP contribution in [0.5, 0.6) is 5.75 Å². The SMILES string of the molecule is CC(CC#N)NC(=O)C(C)Oc1ccccc1C(F)(F)F. The van der Waals surface area contributed by atoms with Gasteiger partial charge in [0.2, 0.25) is 0 Å². The van der Waals surface area contributed by atoms with Gasteiger partial charge in [0.15, 0.2) is 6.10 Å². The molecule has 1 rings (SSSR count). The Morgan fingerprint density at radius 1 is 1.38 bits per heavy atom. The zero-order valence-electron chi connectivity index (χ0n) is 11.6. The van der Waals surface area contributed by atoms with Crippen molar-refractivity contribution in [1.29, 1.82) is 5.26 Å². The van der Waals surface area contributed by atoms with Crippen LogP contribution < -0.4 is 10.1 Å². The summed E-state index contributed by atoms with van der Waals surface area (Å²) in [6.45, 7) is 2.97. The lowest BCUT2D eigenvalue weighted by atomic mass is 10.2. The highest BCUT2D eigenvalue weighted by Crippen LogP contribution is 2.36. The third-order valence-electron chi connectivity index (χ3n) is 2.65. The van der Waals surface area contributed by atoms with E-state index in [4.69, 9.17) is 10.00 Å². The number of carbonyl (C=O) groups excluding carboxylic acids is 1. The number of benzene rings is 1. The number of carbonyl (C=O) groups is 1. The monoisotopic (exact) mass is 300 g/mol. The molecular weight excluding hydrogens is 285 g/mol. The molecule has 2 atom stereocenters. The van der Waals surface area contributed by atoms with Crippen molar-refractivity contribution in [2.24, 2.45) is 0 Å². The topological polar surface area (TPSA) is 62.1 Å². The van der Waals surface area contributed by atoms with E-state index in [1.54, 1.807) is 6.92 Å². The molecule has 114 valence electrons. The first-order chi connectivity index (χ1) is 9.75. The van der Waals surface area contributed by atoms with Crippen LogP contribution >= 0.6 is 0 Å². The molecule has 2 unspecified atom stereocenters. The van der Waals surface area contributed by atoms with Crippen molar-refractivity contribution in [3.63, 3.8) is 0 Å². The first kappa shape index (κ1) is 16.8. The predicted molar refractivity (Wildman–Crippen MR) is 69.4 cm³/mol. The third kappa shape index (κ3) is 4.99. The van der Waals surface area contributed by atoms with Crippen molar-refractivity contribution in [2.45, 2.75) is 38.6 Å². The zero-order valence-corrected chi connectivity index (χ0v) is 11.6. The molecule has 0 saturated carbocycles. The van der Waals surface area contributed by atoms with Crippen LogP contribution in [0.15, 0.2) is 24.3 Å². The molecule has 0 saturated heterocycles. The number of halogens is 3. The van der Waals surface area contributed by atoms with E-state index in [0.29, 0.717) is 0 Å². The molecule has 0 spiro atoms. The molecule has 0 aliphatic heterocycles. The smallest absolute Gasteiger partial charge is 0.419 e. The van der Waals surface area contributed by atoms with Gasteiger partial charge in [0.1, 0.15) is 5.75 Å². The second-order valence-corrected chi connectivity index (χ2v) is 4.53. The number of nitriles is 1. The minimum Gasteiger partial charge on any atom is -0.480 e. The van der Waals surface area contributed by atoms with Gasteiger partial charge >= 0.3 is 6.18 Å². The highest BCUT2D eigenvalue weighted by atomic mass is 19.4. The van der Waals surface area contributed by atoms with Gasteiger partial charge in [-0.05, 0) is 26.0 Å². The highest BCUT2D eigenvalue weighted by molar-refractivity contribution is 5.81. The van der Waals surface area contributed by atoms with Gasteiger partial charge in [0.05, 0.1) is 18.1 Å². The van der Waals surface area contributed by atoms with Crippen LogP contribution in [0.2, 0.25) is 0 Å². The number of rotatable bonds is 5. The number of nitrogens with zero attached hydrogens (tertiary/aromatic N) is 1. The van der Waals surface area contributed by atoms with Crippen molar-refractivity contribution >= 4 is 5.91 Å². The van der Waals surface area contributed by atoms with E-state index < -0.39 is 35.5 Å². The maximum absolute atomic E-state index is 12.8. The standard InChI is InChI=1S/C14H15F3N2O2/c1-9(7-8-18)19-13(20)10(2)21-12-6-4-3-5-11(12)14(15,16)17/h3-6,9-10H,7H2,1-2H3,(H,19,20). The van der Waals surface area contributed by atoms with Gasteiger partial charge in [0, 0.05) is 6.04 Å². The van der Waals surface area contributed by atoms with Gasteiger partial charge < -0.3 is 10.1 Å². The van der Waals surface area contributed by atoms with Crippen molar-refractivity contribution in [3.8, 4) is 11.8 Å². The lowest BCUT2D eigenvalue weighted by Gasteiger charge is -2.19. The summed E-state index contributed by atoms with van der Waals surface area (Å²) in [7, 11) is 0. The molecule has 1 aromatic rings. The van der Waals surface area contributed by atoms with Crippen LogP contribution in [0.4, 0.5) is 13.2 Å². The van der Waals surface area contributed by atoms with Crippen LogP contribution in [-0.2, 0) is 11.0 Å². The van der Waals surface area contributed by atoms with Gasteiger partial charge in [-0.1, -0.05) is 12.1 Å². The second kappa shape index (κ2) is 6.97. The van der Waals surface area contributed by atoms with Crippen LogP contribution in [0.1, 0.15) is 25.8 Å². The van der Waals surface area contributed by atoms with E-state index in [0.717, 1.165) is 12.1 Å². The average molecular weight is 300 g/mol. The molecular formula is C14H15F3N2O2. The molecule has 0 radical (unpaired) electrons. The van der Waals surface area contributed by atoms with Crippen molar-refractivity contribution in [3.05, 3.63) is 29.8 Å². The summed E-state index contributed by atoms with van der Waals surface area (Å²) in [6, 6.07) is 6.18. The predicted octanol–water partition coefficient (Wildman–Crippen LogP) is 2.89. The van der Waals surface area contributed by atoms with E-state index in [-0.39, 0.29) is 6.42 Å². The summed E-state index contributed by atoms with van der Waals surface area (Å²) in [4.78, 5) is 11.8. The summed E-state index contributed by atoms with van der Waals surface area (Å²) < 4.78 is 43.5. The van der Waals surface area contributed by atoms with E-state index >= 15 is 0 Å². The Hall–Kier alpha value is -2.23. The van der Waals surface area contributed by atoms with E-state index in [2.05, 4.69) is 5.32 Å². The number of ether oxygens (including phenoxy) is 1. The molecule has 0 aromatic heterocycles. The summed E-state index contributed by atoms with van der Waals surface area (Å²) >= 11 is 0. The third-order valence-corrected chi connectivity index (χ3v) is 2.65. The molecule has 21 heavy (non-hydrogen) atoms. The van der Waals surface area contributed by atoms with E-state index in [1.807, 2.05) is 6.07 Å². The van der Waals surface area contributed by atoms with E-state index in [9.17, 15) is 18.0 Å². The molecule has 1 N–H and O–H groups in total. The Morgan fingerprint density at radius 2 is 2.00 bits per heavy atom. The second-order valence-electron chi connectivity index (χ2n) is 4.53. The van der Waals surface area contributed by atoms with Crippen LogP contribution in [0.3, 0.4) is 0 Å². The fourth-order valence-corrected chi connectivity index (χ4v) is 1.60. The molecule has 0 bridgehead atoms. The first-order valence-electron chi connectivity index (χ1n) is 6.26. The molecule has 4 nitrogen and oxygen atoms in total. The van der Waals surface area contributed by atoms with Crippen LogP contribution in [-0.4, -0.2) is 18.1 Å². The maximum atomic E-state index is 12.8.